The van der Waals surface area contributed by atoms with Gasteiger partial charge in [0.15, 0.2) is 0 Å². The van der Waals surface area contributed by atoms with Gasteiger partial charge in [0.25, 0.3) is 0 Å². The fourth-order valence-electron chi connectivity index (χ4n) is 1.23. The highest BCUT2D eigenvalue weighted by atomic mass is 127. The van der Waals surface area contributed by atoms with E-state index >= 15 is 0 Å². The van der Waals surface area contributed by atoms with E-state index in [9.17, 15) is 5.11 Å². The lowest BCUT2D eigenvalue weighted by Crippen LogP contribution is -2.24. The Hall–Kier alpha value is -0.130. The number of benzene rings is 1. The molecule has 1 aromatic rings. The lowest BCUT2D eigenvalue weighted by Gasteiger charge is -2.17. The molecule has 0 aliphatic rings. The summed E-state index contributed by atoms with van der Waals surface area (Å²) in [5.41, 5.74) is 8.02. The summed E-state index contributed by atoms with van der Waals surface area (Å²) in [6.07, 6.45) is -0.503. The molecule has 3 heteroatoms. The Kier molecular flexibility index (Phi) is 3.70. The summed E-state index contributed by atoms with van der Waals surface area (Å²) in [6.45, 7) is 3.72. The number of hydrogen-bond donors (Lipinski definition) is 2. The van der Waals surface area contributed by atoms with Gasteiger partial charge in [-0.1, -0.05) is 6.07 Å². The lowest BCUT2D eigenvalue weighted by atomic mass is 9.99. The highest BCUT2D eigenvalue weighted by molar-refractivity contribution is 14.1. The molecule has 0 saturated carbocycles. The third-order valence-corrected chi connectivity index (χ3v) is 2.79. The fraction of sp³-hybridized carbons (Fsp3) is 0.400. The van der Waals surface area contributed by atoms with Crippen molar-refractivity contribution < 1.29 is 5.11 Å². The molecule has 72 valence electrons. The van der Waals surface area contributed by atoms with E-state index in [0.717, 1.165) is 14.7 Å². The molecule has 2 nitrogen and oxygen atoms in total. The van der Waals surface area contributed by atoms with Gasteiger partial charge in [-0.15, -0.1) is 0 Å². The molecule has 0 bridgehead atoms. The van der Waals surface area contributed by atoms with Crippen LogP contribution in [0.1, 0.15) is 24.1 Å². The summed E-state index contributed by atoms with van der Waals surface area (Å²) in [4.78, 5) is 0. The molecule has 1 aromatic carbocycles. The molecular formula is C10H14INO. The van der Waals surface area contributed by atoms with Crippen LogP contribution >= 0.6 is 22.6 Å². The van der Waals surface area contributed by atoms with Gasteiger partial charge >= 0.3 is 0 Å². The van der Waals surface area contributed by atoms with E-state index in [4.69, 9.17) is 5.73 Å². The first-order valence-electron chi connectivity index (χ1n) is 4.22. The van der Waals surface area contributed by atoms with Crippen LogP contribution in [0.5, 0.6) is 0 Å². The molecule has 0 spiro atoms. The van der Waals surface area contributed by atoms with Gasteiger partial charge in [-0.05, 0) is 59.7 Å². The maximum atomic E-state index is 9.36. The van der Waals surface area contributed by atoms with E-state index in [2.05, 4.69) is 22.6 Å². The van der Waals surface area contributed by atoms with Gasteiger partial charge < -0.3 is 10.8 Å². The Bertz CT molecular complexity index is 299. The van der Waals surface area contributed by atoms with Gasteiger partial charge in [0.05, 0.1) is 12.1 Å². The van der Waals surface area contributed by atoms with Crippen molar-refractivity contribution in [3.63, 3.8) is 0 Å². The summed E-state index contributed by atoms with van der Waals surface area (Å²) >= 11 is 2.24. The molecule has 1 rings (SSSR count). The van der Waals surface area contributed by atoms with Crippen molar-refractivity contribution in [2.75, 3.05) is 0 Å². The summed E-state index contributed by atoms with van der Waals surface area (Å²) in [5, 5.41) is 9.36. The first-order valence-corrected chi connectivity index (χ1v) is 5.30. The predicted molar refractivity (Wildman–Crippen MR) is 62.5 cm³/mol. The maximum Gasteiger partial charge on any atom is 0.0704 e. The van der Waals surface area contributed by atoms with E-state index in [0.29, 0.717) is 0 Å². The van der Waals surface area contributed by atoms with Crippen molar-refractivity contribution >= 4 is 22.6 Å². The normalized spacial score (nSPS) is 15.5. The third kappa shape index (κ3) is 2.65. The van der Waals surface area contributed by atoms with Crippen LogP contribution in [0.25, 0.3) is 0 Å². The first kappa shape index (κ1) is 10.9. The largest absolute Gasteiger partial charge is 0.391 e. The van der Waals surface area contributed by atoms with Gasteiger partial charge in [-0.25, -0.2) is 0 Å². The van der Waals surface area contributed by atoms with Crippen molar-refractivity contribution in [3.8, 4) is 0 Å². The number of rotatable bonds is 2. The van der Waals surface area contributed by atoms with Crippen LogP contribution in [-0.4, -0.2) is 11.2 Å². The summed E-state index contributed by atoms with van der Waals surface area (Å²) in [7, 11) is 0. The average molecular weight is 291 g/mol. The number of aliphatic hydroxyl groups excluding tert-OH is 1. The van der Waals surface area contributed by atoms with Crippen LogP contribution in [0.3, 0.4) is 0 Å². The van der Waals surface area contributed by atoms with E-state index in [-0.39, 0.29) is 6.04 Å². The summed E-state index contributed by atoms with van der Waals surface area (Å²) < 4.78 is 1.15. The Labute approximate surface area is 92.3 Å². The van der Waals surface area contributed by atoms with Crippen LogP contribution in [-0.2, 0) is 0 Å². The van der Waals surface area contributed by atoms with E-state index in [1.807, 2.05) is 25.1 Å². The zero-order valence-electron chi connectivity index (χ0n) is 7.79. The Balaban J connectivity index is 3.05. The zero-order valence-corrected chi connectivity index (χ0v) is 9.95. The van der Waals surface area contributed by atoms with Crippen molar-refractivity contribution in [1.82, 2.24) is 0 Å². The quantitative estimate of drug-likeness (QED) is 0.818. The van der Waals surface area contributed by atoms with Crippen molar-refractivity contribution in [2.24, 2.45) is 5.73 Å². The van der Waals surface area contributed by atoms with Crippen LogP contribution < -0.4 is 5.73 Å². The van der Waals surface area contributed by atoms with Crippen molar-refractivity contribution in [2.45, 2.75) is 26.0 Å². The minimum atomic E-state index is -0.503. The minimum absolute atomic E-state index is 0.283. The number of aryl methyl sites for hydroxylation is 1. The summed E-state index contributed by atoms with van der Waals surface area (Å²) in [5.74, 6) is 0. The second-order valence-corrected chi connectivity index (χ2v) is 4.51. The molecule has 0 aliphatic heterocycles. The minimum Gasteiger partial charge on any atom is -0.391 e. The molecule has 3 N–H and O–H groups in total. The highest BCUT2D eigenvalue weighted by Crippen LogP contribution is 2.20. The molecule has 0 heterocycles. The van der Waals surface area contributed by atoms with Gasteiger partial charge in [-0.3, -0.25) is 0 Å². The lowest BCUT2D eigenvalue weighted by molar-refractivity contribution is 0.164. The van der Waals surface area contributed by atoms with Crippen LogP contribution in [0.15, 0.2) is 18.2 Å². The number of halogens is 1. The molecular weight excluding hydrogens is 277 g/mol. The van der Waals surface area contributed by atoms with Crippen LogP contribution in [0, 0.1) is 10.5 Å². The van der Waals surface area contributed by atoms with Crippen molar-refractivity contribution in [1.29, 1.82) is 0 Å². The molecule has 0 radical (unpaired) electrons. The average Bonchev–Trinajstić information content (AvgIpc) is 2.08. The topological polar surface area (TPSA) is 46.2 Å². The predicted octanol–water partition coefficient (Wildman–Crippen LogP) is 1.98. The molecule has 0 unspecified atom stereocenters. The Morgan fingerprint density at radius 2 is 2.08 bits per heavy atom. The van der Waals surface area contributed by atoms with E-state index in [1.54, 1.807) is 6.92 Å². The molecule has 13 heavy (non-hydrogen) atoms. The maximum absolute atomic E-state index is 9.36. The smallest absolute Gasteiger partial charge is 0.0704 e. The Morgan fingerprint density at radius 1 is 1.46 bits per heavy atom. The molecule has 0 saturated heterocycles. The van der Waals surface area contributed by atoms with Gasteiger partial charge in [0.2, 0.25) is 0 Å². The number of nitrogens with two attached hydrogens (primary N) is 1. The Morgan fingerprint density at radius 3 is 2.62 bits per heavy atom. The first-order chi connectivity index (χ1) is 6.02. The molecule has 0 amide bonds. The van der Waals surface area contributed by atoms with Gasteiger partial charge in [0.1, 0.15) is 0 Å². The van der Waals surface area contributed by atoms with E-state index in [1.165, 1.54) is 0 Å². The van der Waals surface area contributed by atoms with Gasteiger partial charge in [-0.2, -0.15) is 0 Å². The zero-order chi connectivity index (χ0) is 10.0. The monoisotopic (exact) mass is 291 g/mol. The van der Waals surface area contributed by atoms with Crippen LogP contribution in [0.2, 0.25) is 0 Å². The fourth-order valence-corrected chi connectivity index (χ4v) is 1.75. The molecule has 0 aliphatic carbocycles. The molecule has 2 atom stereocenters. The SMILES string of the molecule is Cc1ccc(I)cc1[C@@H](N)[C@@H](C)O. The third-order valence-electron chi connectivity index (χ3n) is 2.12. The second-order valence-electron chi connectivity index (χ2n) is 3.27. The van der Waals surface area contributed by atoms with E-state index < -0.39 is 6.10 Å². The van der Waals surface area contributed by atoms with Crippen molar-refractivity contribution in [3.05, 3.63) is 32.9 Å². The number of aliphatic hydroxyl groups is 1. The highest BCUT2D eigenvalue weighted by Gasteiger charge is 2.14. The second kappa shape index (κ2) is 4.39. The standard InChI is InChI=1S/C10H14INO/c1-6-3-4-8(11)5-9(6)10(12)7(2)13/h3-5,7,10,13H,12H2,1-2H3/t7-,10+/m1/s1. The number of hydrogen-bond acceptors (Lipinski definition) is 2. The molecule has 0 fully saturated rings. The summed E-state index contributed by atoms with van der Waals surface area (Å²) in [6, 6.07) is 5.80. The molecule has 0 aromatic heterocycles. The van der Waals surface area contributed by atoms with Crippen LogP contribution in [0.4, 0.5) is 0 Å². The van der Waals surface area contributed by atoms with Gasteiger partial charge in [0, 0.05) is 3.57 Å².